The molecule has 0 atom stereocenters. The maximum atomic E-state index is 11.6. The molecule has 0 saturated carbocycles. The first-order chi connectivity index (χ1) is 16.7. The lowest BCUT2D eigenvalue weighted by Gasteiger charge is -2.31. The largest absolute Gasteiger partial charge is 0.507 e. The SMILES string of the molecule is CC(C)C(c1cc(CCCCO)cc(C(C)(C)C)c1O)c1cc(CCCCO)cc(C(C)(C)C)c1O. The van der Waals surface area contributed by atoms with Crippen LogP contribution in [-0.2, 0) is 23.7 Å². The molecule has 4 N–H and O–H groups in total. The molecule has 0 saturated heterocycles. The first kappa shape index (κ1) is 30.2. The van der Waals surface area contributed by atoms with Gasteiger partial charge in [-0.25, -0.2) is 0 Å². The lowest BCUT2D eigenvalue weighted by Crippen LogP contribution is -2.18. The van der Waals surface area contributed by atoms with Gasteiger partial charge >= 0.3 is 0 Å². The van der Waals surface area contributed by atoms with Gasteiger partial charge in [0.1, 0.15) is 11.5 Å². The standard InChI is InChI=1S/C32H50O4/c1-21(2)28(24-17-22(13-9-11-15-33)19-26(29(24)35)31(3,4)5)25-18-23(14-10-12-16-34)20-27(30(25)36)32(6,7)8/h17-21,28,33-36H,9-16H2,1-8H3. The van der Waals surface area contributed by atoms with Gasteiger partial charge in [-0.05, 0) is 77.5 Å². The fourth-order valence-electron chi connectivity index (χ4n) is 5.11. The van der Waals surface area contributed by atoms with Crippen LogP contribution >= 0.6 is 0 Å². The van der Waals surface area contributed by atoms with Crippen molar-refractivity contribution in [3.05, 3.63) is 57.6 Å². The van der Waals surface area contributed by atoms with Crippen LogP contribution in [0.15, 0.2) is 24.3 Å². The lowest BCUT2D eigenvalue weighted by atomic mass is 9.74. The molecular formula is C32H50O4. The second-order valence-electron chi connectivity index (χ2n) is 12.7. The van der Waals surface area contributed by atoms with Crippen LogP contribution in [-0.4, -0.2) is 33.6 Å². The summed E-state index contributed by atoms with van der Waals surface area (Å²) in [6.45, 7) is 17.3. The summed E-state index contributed by atoms with van der Waals surface area (Å²) in [6.07, 6.45) is 4.94. The first-order valence-electron chi connectivity index (χ1n) is 13.7. The van der Waals surface area contributed by atoms with Gasteiger partial charge in [-0.2, -0.15) is 0 Å². The minimum atomic E-state index is -0.238. The van der Waals surface area contributed by atoms with Crippen LogP contribution in [0.25, 0.3) is 0 Å². The van der Waals surface area contributed by atoms with E-state index in [0.717, 1.165) is 71.9 Å². The number of aliphatic hydroxyl groups excluding tert-OH is 2. The number of unbranched alkanes of at least 4 members (excludes halogenated alkanes) is 2. The van der Waals surface area contributed by atoms with E-state index in [1.165, 1.54) is 0 Å². The monoisotopic (exact) mass is 498 g/mol. The molecule has 0 fully saturated rings. The highest BCUT2D eigenvalue weighted by Gasteiger charge is 2.31. The molecule has 0 amide bonds. The van der Waals surface area contributed by atoms with Gasteiger partial charge in [0.05, 0.1) is 0 Å². The maximum Gasteiger partial charge on any atom is 0.123 e. The Balaban J connectivity index is 2.79. The summed E-state index contributed by atoms with van der Waals surface area (Å²) < 4.78 is 0. The molecule has 0 bridgehead atoms. The highest BCUT2D eigenvalue weighted by molar-refractivity contribution is 5.56. The van der Waals surface area contributed by atoms with Gasteiger partial charge in [0, 0.05) is 30.3 Å². The summed E-state index contributed by atoms with van der Waals surface area (Å²) in [5.41, 5.74) is 5.38. The van der Waals surface area contributed by atoms with Crippen LogP contribution in [0.4, 0.5) is 0 Å². The van der Waals surface area contributed by atoms with E-state index in [2.05, 4.69) is 79.7 Å². The zero-order valence-electron chi connectivity index (χ0n) is 23.9. The van der Waals surface area contributed by atoms with Gasteiger partial charge in [-0.3, -0.25) is 0 Å². The molecule has 202 valence electrons. The smallest absolute Gasteiger partial charge is 0.123 e. The minimum Gasteiger partial charge on any atom is -0.507 e. The molecule has 0 unspecified atom stereocenters. The molecule has 4 nitrogen and oxygen atoms in total. The second-order valence-corrected chi connectivity index (χ2v) is 12.7. The lowest BCUT2D eigenvalue weighted by molar-refractivity contribution is 0.284. The van der Waals surface area contributed by atoms with Crippen molar-refractivity contribution in [2.45, 2.75) is 111 Å². The Bertz CT molecular complexity index is 915. The predicted molar refractivity (Wildman–Crippen MR) is 150 cm³/mol. The molecule has 2 aromatic carbocycles. The molecule has 0 heterocycles. The fraction of sp³-hybridized carbons (Fsp3) is 0.625. The normalized spacial score (nSPS) is 12.7. The Kier molecular flexibility index (Phi) is 10.5. The van der Waals surface area contributed by atoms with E-state index in [9.17, 15) is 20.4 Å². The summed E-state index contributed by atoms with van der Waals surface area (Å²) in [5, 5.41) is 41.8. The zero-order valence-corrected chi connectivity index (χ0v) is 23.9. The molecule has 36 heavy (non-hydrogen) atoms. The zero-order chi connectivity index (χ0) is 27.3. The molecule has 0 aromatic heterocycles. The van der Waals surface area contributed by atoms with Crippen LogP contribution in [0.3, 0.4) is 0 Å². The average molecular weight is 499 g/mol. The quantitative estimate of drug-likeness (QED) is 0.249. The summed E-state index contributed by atoms with van der Waals surface area (Å²) in [6, 6.07) is 8.45. The molecule has 4 heteroatoms. The van der Waals surface area contributed by atoms with Crippen molar-refractivity contribution in [3.63, 3.8) is 0 Å². The molecule has 2 rings (SSSR count). The van der Waals surface area contributed by atoms with Crippen LogP contribution < -0.4 is 0 Å². The van der Waals surface area contributed by atoms with E-state index in [0.29, 0.717) is 11.5 Å². The van der Waals surface area contributed by atoms with Gasteiger partial charge in [0.15, 0.2) is 0 Å². The van der Waals surface area contributed by atoms with E-state index < -0.39 is 0 Å². The van der Waals surface area contributed by atoms with Crippen molar-refractivity contribution in [2.75, 3.05) is 13.2 Å². The number of hydrogen-bond acceptors (Lipinski definition) is 4. The van der Waals surface area contributed by atoms with Gasteiger partial charge in [-0.1, -0.05) is 79.7 Å². The Morgan fingerprint density at radius 1 is 0.611 bits per heavy atom. The summed E-state index contributed by atoms with van der Waals surface area (Å²) in [7, 11) is 0. The summed E-state index contributed by atoms with van der Waals surface area (Å²) in [4.78, 5) is 0. The van der Waals surface area contributed by atoms with E-state index in [-0.39, 0.29) is 35.9 Å². The van der Waals surface area contributed by atoms with Crippen molar-refractivity contribution in [2.24, 2.45) is 5.92 Å². The molecule has 0 aliphatic heterocycles. The molecule has 0 aliphatic carbocycles. The predicted octanol–water partition coefficient (Wildman–Crippen LogP) is 7.11. The van der Waals surface area contributed by atoms with Crippen molar-refractivity contribution >= 4 is 0 Å². The number of aliphatic hydroxyl groups is 2. The highest BCUT2D eigenvalue weighted by atomic mass is 16.3. The van der Waals surface area contributed by atoms with E-state index in [1.54, 1.807) is 0 Å². The number of aromatic hydroxyl groups is 2. The topological polar surface area (TPSA) is 80.9 Å². The maximum absolute atomic E-state index is 11.6. The number of hydrogen-bond donors (Lipinski definition) is 4. The van der Waals surface area contributed by atoms with Crippen LogP contribution in [0.1, 0.15) is 120 Å². The van der Waals surface area contributed by atoms with Crippen molar-refractivity contribution in [1.29, 1.82) is 0 Å². The number of aryl methyl sites for hydroxylation is 2. The van der Waals surface area contributed by atoms with E-state index >= 15 is 0 Å². The molecular weight excluding hydrogens is 448 g/mol. The Hall–Kier alpha value is -2.04. The molecule has 0 radical (unpaired) electrons. The first-order valence-corrected chi connectivity index (χ1v) is 13.7. The molecule has 0 spiro atoms. The van der Waals surface area contributed by atoms with Crippen molar-refractivity contribution in [1.82, 2.24) is 0 Å². The third-order valence-corrected chi connectivity index (χ3v) is 7.10. The van der Waals surface area contributed by atoms with Gasteiger partial charge in [0.25, 0.3) is 0 Å². The highest BCUT2D eigenvalue weighted by Crippen LogP contribution is 2.47. The third kappa shape index (κ3) is 7.49. The number of phenols is 2. The Labute approximate surface area is 219 Å². The molecule has 0 aliphatic rings. The van der Waals surface area contributed by atoms with E-state index in [1.807, 2.05) is 0 Å². The van der Waals surface area contributed by atoms with Gasteiger partial charge in [-0.15, -0.1) is 0 Å². The second kappa shape index (κ2) is 12.5. The van der Waals surface area contributed by atoms with Crippen molar-refractivity contribution in [3.8, 4) is 11.5 Å². The van der Waals surface area contributed by atoms with Crippen molar-refractivity contribution < 1.29 is 20.4 Å². The number of rotatable bonds is 11. The number of phenolic OH excluding ortho intramolecular Hbond substituents is 2. The Morgan fingerprint density at radius 2 is 0.972 bits per heavy atom. The Morgan fingerprint density at radius 3 is 1.25 bits per heavy atom. The van der Waals surface area contributed by atoms with Crippen LogP contribution in [0, 0.1) is 5.92 Å². The summed E-state index contributed by atoms with van der Waals surface area (Å²) in [5.74, 6) is 0.592. The van der Waals surface area contributed by atoms with Crippen LogP contribution in [0.2, 0.25) is 0 Å². The average Bonchev–Trinajstić information content (AvgIpc) is 2.76. The van der Waals surface area contributed by atoms with Gasteiger partial charge < -0.3 is 20.4 Å². The van der Waals surface area contributed by atoms with E-state index in [4.69, 9.17) is 0 Å². The minimum absolute atomic E-state index is 0.142. The van der Waals surface area contributed by atoms with Gasteiger partial charge in [0.2, 0.25) is 0 Å². The number of benzene rings is 2. The summed E-state index contributed by atoms with van der Waals surface area (Å²) >= 11 is 0. The molecule has 2 aromatic rings. The third-order valence-electron chi connectivity index (χ3n) is 7.10. The van der Waals surface area contributed by atoms with Crippen LogP contribution in [0.5, 0.6) is 11.5 Å². The fourth-order valence-corrected chi connectivity index (χ4v) is 5.11.